The number of benzene rings is 1. The summed E-state index contributed by atoms with van der Waals surface area (Å²) in [4.78, 5) is 4.34. The van der Waals surface area contributed by atoms with Crippen LogP contribution < -0.4 is 5.32 Å². The van der Waals surface area contributed by atoms with Crippen molar-refractivity contribution in [3.63, 3.8) is 0 Å². The normalized spacial score (nSPS) is 17.6. The zero-order valence-corrected chi connectivity index (χ0v) is 15.2. The molecule has 2 aromatic heterocycles. The molecule has 27 heavy (non-hydrogen) atoms. The first-order valence-electron chi connectivity index (χ1n) is 9.43. The van der Waals surface area contributed by atoms with Crippen molar-refractivity contribution in [1.82, 2.24) is 14.8 Å². The van der Waals surface area contributed by atoms with Crippen molar-refractivity contribution >= 4 is 28.7 Å². The minimum absolute atomic E-state index is 0.0358. The predicted molar refractivity (Wildman–Crippen MR) is 107 cm³/mol. The Morgan fingerprint density at radius 1 is 1.22 bits per heavy atom. The van der Waals surface area contributed by atoms with Crippen LogP contribution in [0.15, 0.2) is 42.6 Å². The molecule has 3 aromatic rings. The fourth-order valence-electron chi connectivity index (χ4n) is 3.37. The van der Waals surface area contributed by atoms with Crippen LogP contribution in [0.25, 0.3) is 23.1 Å². The van der Waals surface area contributed by atoms with Gasteiger partial charge >= 0.3 is 0 Å². The van der Waals surface area contributed by atoms with E-state index in [1.165, 1.54) is 0 Å². The van der Waals surface area contributed by atoms with E-state index in [1.54, 1.807) is 6.20 Å². The first-order valence-corrected chi connectivity index (χ1v) is 9.43. The Labute approximate surface area is 158 Å². The third kappa shape index (κ3) is 4.02. The van der Waals surface area contributed by atoms with Crippen LogP contribution in [0.2, 0.25) is 0 Å². The molecule has 0 saturated carbocycles. The molecule has 1 saturated heterocycles. The smallest absolute Gasteiger partial charge is 0.150 e. The molecule has 140 valence electrons. The van der Waals surface area contributed by atoms with E-state index in [0.29, 0.717) is 6.54 Å². The van der Waals surface area contributed by atoms with Crippen LogP contribution in [0.5, 0.6) is 0 Å². The molecule has 1 fully saturated rings. The number of aromatic nitrogens is 3. The van der Waals surface area contributed by atoms with Crippen molar-refractivity contribution in [2.24, 2.45) is 0 Å². The summed E-state index contributed by atoms with van der Waals surface area (Å²) in [5, 5.41) is 18.2. The minimum atomic E-state index is -0.0358. The molecule has 4 rings (SSSR count). The van der Waals surface area contributed by atoms with Gasteiger partial charge in [-0.25, -0.2) is 4.68 Å². The SMILES string of the molecule is OCCNc1ccc2c(/C=C/c3ccccn3)nn(C3CCCCO3)c2c1. The van der Waals surface area contributed by atoms with Gasteiger partial charge in [0.05, 0.1) is 23.5 Å². The van der Waals surface area contributed by atoms with Crippen LogP contribution in [-0.4, -0.2) is 39.6 Å². The maximum Gasteiger partial charge on any atom is 0.150 e. The molecule has 1 aromatic carbocycles. The second kappa shape index (κ2) is 8.33. The lowest BCUT2D eigenvalue weighted by molar-refractivity contribution is -0.0367. The molecule has 1 atom stereocenters. The molecule has 1 aliphatic heterocycles. The molecule has 0 aliphatic carbocycles. The Morgan fingerprint density at radius 3 is 2.96 bits per heavy atom. The second-order valence-corrected chi connectivity index (χ2v) is 6.62. The molecule has 3 heterocycles. The number of pyridine rings is 1. The van der Waals surface area contributed by atoms with Gasteiger partial charge in [-0.3, -0.25) is 4.98 Å². The van der Waals surface area contributed by atoms with Crippen LogP contribution >= 0.6 is 0 Å². The summed E-state index contributed by atoms with van der Waals surface area (Å²) in [6.07, 6.45) is 8.95. The summed E-state index contributed by atoms with van der Waals surface area (Å²) in [6.45, 7) is 1.39. The van der Waals surface area contributed by atoms with Gasteiger partial charge in [-0.2, -0.15) is 5.10 Å². The summed E-state index contributed by atoms with van der Waals surface area (Å²) in [7, 11) is 0. The quantitative estimate of drug-likeness (QED) is 0.698. The van der Waals surface area contributed by atoms with Gasteiger partial charge in [0.15, 0.2) is 6.23 Å². The van der Waals surface area contributed by atoms with Crippen molar-refractivity contribution in [3.05, 3.63) is 54.0 Å². The average molecular weight is 364 g/mol. The number of fused-ring (bicyclic) bond motifs is 1. The molecular formula is C21H24N4O2. The molecule has 1 aliphatic rings. The lowest BCUT2D eigenvalue weighted by Gasteiger charge is -2.23. The number of rotatable bonds is 6. The number of anilines is 1. The number of aliphatic hydroxyl groups is 1. The van der Waals surface area contributed by atoms with Crippen LogP contribution in [-0.2, 0) is 4.74 Å². The van der Waals surface area contributed by atoms with E-state index in [9.17, 15) is 0 Å². The van der Waals surface area contributed by atoms with Gasteiger partial charge in [0.25, 0.3) is 0 Å². The number of ether oxygens (including phenoxy) is 1. The predicted octanol–water partition coefficient (Wildman–Crippen LogP) is 3.71. The van der Waals surface area contributed by atoms with Crippen LogP contribution in [0, 0.1) is 0 Å². The van der Waals surface area contributed by atoms with E-state index >= 15 is 0 Å². The molecule has 6 heteroatoms. The van der Waals surface area contributed by atoms with E-state index in [2.05, 4.69) is 22.4 Å². The average Bonchev–Trinajstić information content (AvgIpc) is 3.10. The van der Waals surface area contributed by atoms with Gasteiger partial charge < -0.3 is 15.2 Å². The Bertz CT molecular complexity index is 915. The molecule has 0 radical (unpaired) electrons. The summed E-state index contributed by atoms with van der Waals surface area (Å²) in [6, 6.07) is 12.0. The summed E-state index contributed by atoms with van der Waals surface area (Å²) in [5.74, 6) is 0. The van der Waals surface area contributed by atoms with E-state index < -0.39 is 0 Å². The fraction of sp³-hybridized carbons (Fsp3) is 0.333. The number of hydrogen-bond donors (Lipinski definition) is 2. The number of aliphatic hydroxyl groups excluding tert-OH is 1. The molecule has 0 spiro atoms. The van der Waals surface area contributed by atoms with Gasteiger partial charge in [-0.15, -0.1) is 0 Å². The van der Waals surface area contributed by atoms with Crippen molar-refractivity contribution in [2.75, 3.05) is 25.1 Å². The van der Waals surface area contributed by atoms with Crippen molar-refractivity contribution in [3.8, 4) is 0 Å². The molecular weight excluding hydrogens is 340 g/mol. The number of nitrogens with one attached hydrogen (secondary N) is 1. The van der Waals surface area contributed by atoms with Crippen molar-refractivity contribution in [1.29, 1.82) is 0 Å². The van der Waals surface area contributed by atoms with Crippen LogP contribution in [0.3, 0.4) is 0 Å². The third-order valence-corrected chi connectivity index (χ3v) is 4.71. The Hall–Kier alpha value is -2.70. The highest BCUT2D eigenvalue weighted by molar-refractivity contribution is 5.91. The summed E-state index contributed by atoms with van der Waals surface area (Å²) >= 11 is 0. The molecule has 0 amide bonds. The van der Waals surface area contributed by atoms with Gasteiger partial charge in [-0.05, 0) is 61.7 Å². The molecule has 1 unspecified atom stereocenters. The number of nitrogens with zero attached hydrogens (tertiary/aromatic N) is 3. The van der Waals surface area contributed by atoms with Crippen LogP contribution in [0.4, 0.5) is 5.69 Å². The third-order valence-electron chi connectivity index (χ3n) is 4.71. The van der Waals surface area contributed by atoms with Gasteiger partial charge in [0.1, 0.15) is 0 Å². The molecule has 0 bridgehead atoms. The zero-order chi connectivity index (χ0) is 18.5. The first kappa shape index (κ1) is 17.7. The maximum absolute atomic E-state index is 9.07. The summed E-state index contributed by atoms with van der Waals surface area (Å²) < 4.78 is 7.97. The topological polar surface area (TPSA) is 72.2 Å². The highest BCUT2D eigenvalue weighted by Crippen LogP contribution is 2.30. The van der Waals surface area contributed by atoms with E-state index in [0.717, 1.165) is 53.8 Å². The monoisotopic (exact) mass is 364 g/mol. The first-order chi connectivity index (χ1) is 13.3. The summed E-state index contributed by atoms with van der Waals surface area (Å²) in [5.41, 5.74) is 3.80. The maximum atomic E-state index is 9.07. The van der Waals surface area contributed by atoms with Gasteiger partial charge in [0.2, 0.25) is 0 Å². The largest absolute Gasteiger partial charge is 0.395 e. The standard InChI is InChI=1S/C21H24N4O2/c26-13-12-23-17-7-9-18-19(10-8-16-5-1-3-11-22-16)24-25(20(18)15-17)21-6-2-4-14-27-21/h1,3,5,7-11,15,21,23,26H,2,4,6,12-14H2/b10-8+. The highest BCUT2D eigenvalue weighted by atomic mass is 16.5. The second-order valence-electron chi connectivity index (χ2n) is 6.62. The van der Waals surface area contributed by atoms with Crippen molar-refractivity contribution < 1.29 is 9.84 Å². The van der Waals surface area contributed by atoms with Crippen LogP contribution in [0.1, 0.15) is 36.9 Å². The van der Waals surface area contributed by atoms with E-state index in [4.69, 9.17) is 14.9 Å². The minimum Gasteiger partial charge on any atom is -0.395 e. The van der Waals surface area contributed by atoms with Crippen molar-refractivity contribution in [2.45, 2.75) is 25.5 Å². The Kier molecular flexibility index (Phi) is 5.46. The fourth-order valence-corrected chi connectivity index (χ4v) is 3.37. The lowest BCUT2D eigenvalue weighted by Crippen LogP contribution is -2.19. The highest BCUT2D eigenvalue weighted by Gasteiger charge is 2.20. The van der Waals surface area contributed by atoms with Gasteiger partial charge in [-0.1, -0.05) is 6.07 Å². The van der Waals surface area contributed by atoms with Gasteiger partial charge in [0, 0.05) is 30.4 Å². The Balaban J connectivity index is 1.73. The molecule has 2 N–H and O–H groups in total. The van der Waals surface area contributed by atoms with E-state index in [-0.39, 0.29) is 12.8 Å². The molecule has 6 nitrogen and oxygen atoms in total. The zero-order valence-electron chi connectivity index (χ0n) is 15.2. The Morgan fingerprint density at radius 2 is 2.19 bits per heavy atom. The lowest BCUT2D eigenvalue weighted by atomic mass is 10.1. The van der Waals surface area contributed by atoms with E-state index in [1.807, 2.05) is 41.1 Å². The number of hydrogen-bond acceptors (Lipinski definition) is 5.